The van der Waals surface area contributed by atoms with Gasteiger partial charge in [-0.25, -0.2) is 0 Å². The quantitative estimate of drug-likeness (QED) is 0.124. The summed E-state index contributed by atoms with van der Waals surface area (Å²) in [7, 11) is 0. The van der Waals surface area contributed by atoms with Crippen molar-refractivity contribution in [2.24, 2.45) is 0 Å². The number of para-hydroxylation sites is 2. The second-order valence-electron chi connectivity index (χ2n) is 23.0. The summed E-state index contributed by atoms with van der Waals surface area (Å²) in [6.07, 6.45) is 0. The van der Waals surface area contributed by atoms with Gasteiger partial charge in [0.05, 0.1) is 22.4 Å². The Morgan fingerprint density at radius 3 is 1.24 bits per heavy atom. The van der Waals surface area contributed by atoms with Gasteiger partial charge in [0.2, 0.25) is 0 Å². The van der Waals surface area contributed by atoms with Crippen molar-refractivity contribution in [3.63, 3.8) is 0 Å². The van der Waals surface area contributed by atoms with Crippen LogP contribution in [0.4, 0.5) is 28.4 Å². The van der Waals surface area contributed by atoms with Crippen LogP contribution in [-0.4, -0.2) is 4.57 Å². The van der Waals surface area contributed by atoms with E-state index in [9.17, 15) is 0 Å². The molecule has 0 spiro atoms. The number of hydrogen-bond acceptors (Lipinski definition) is 2. The number of hydrogen-bond donors (Lipinski definition) is 1. The normalized spacial score (nSPS) is 11.5. The van der Waals surface area contributed by atoms with Crippen LogP contribution in [-0.2, 0) is 5.41 Å². The molecule has 0 aliphatic rings. The lowest BCUT2D eigenvalue weighted by Gasteiger charge is -2.33. The highest BCUT2D eigenvalue weighted by molar-refractivity contribution is 6.11. The van der Waals surface area contributed by atoms with Crippen molar-refractivity contribution in [3.05, 3.63) is 327 Å². The minimum atomic E-state index is -0.252. The topological polar surface area (TPSA) is 20.2 Å². The Morgan fingerprint density at radius 1 is 0.294 bits per heavy atom. The van der Waals surface area contributed by atoms with E-state index >= 15 is 0 Å². The third-order valence-corrected chi connectivity index (χ3v) is 16.5. The average molecular weight is 1090 g/mol. The van der Waals surface area contributed by atoms with Crippen molar-refractivity contribution in [1.29, 1.82) is 0 Å². The summed E-state index contributed by atoms with van der Waals surface area (Å²) in [5, 5.41) is 6.64. The molecule has 85 heavy (non-hydrogen) atoms. The van der Waals surface area contributed by atoms with E-state index in [0.717, 1.165) is 106 Å². The zero-order valence-corrected chi connectivity index (χ0v) is 48.0. The molecule has 0 bridgehead atoms. The summed E-state index contributed by atoms with van der Waals surface area (Å²) in [6.45, 7) is 6.97. The Labute approximate surface area is 499 Å². The summed E-state index contributed by atoms with van der Waals surface area (Å²) < 4.78 is 2.39. The van der Waals surface area contributed by atoms with Crippen molar-refractivity contribution < 1.29 is 0 Å². The van der Waals surface area contributed by atoms with Crippen LogP contribution in [0.3, 0.4) is 0 Å². The van der Waals surface area contributed by atoms with Crippen LogP contribution in [0.25, 0.3) is 105 Å². The first-order chi connectivity index (χ1) is 41.8. The fraction of sp³-hybridized carbons (Fsp3) is 0.0488. The number of benzene rings is 13. The third kappa shape index (κ3) is 10.4. The molecule has 1 aromatic heterocycles. The Morgan fingerprint density at radius 2 is 0.718 bits per heavy atom. The zero-order valence-electron chi connectivity index (χ0n) is 48.0. The molecular formula is C82H63N3. The molecule has 1 heterocycles. The van der Waals surface area contributed by atoms with Gasteiger partial charge in [0.1, 0.15) is 0 Å². The molecule has 0 aliphatic heterocycles. The maximum absolute atomic E-state index is 4.20. The summed E-state index contributed by atoms with van der Waals surface area (Å²) in [5.41, 5.74) is 25.5. The summed E-state index contributed by atoms with van der Waals surface area (Å²) in [6, 6.07) is 117. The number of rotatable bonds is 13. The van der Waals surface area contributed by atoms with E-state index in [1.54, 1.807) is 0 Å². The minimum absolute atomic E-state index is 0.252. The molecule has 0 fully saturated rings. The maximum Gasteiger partial charge on any atom is 0.0618 e. The van der Waals surface area contributed by atoms with E-state index < -0.39 is 0 Å². The van der Waals surface area contributed by atoms with Gasteiger partial charge in [-0.2, -0.15) is 0 Å². The number of nitrogens with zero attached hydrogens (tertiary/aromatic N) is 2. The molecule has 14 rings (SSSR count). The highest BCUT2D eigenvalue weighted by Crippen LogP contribution is 2.51. The van der Waals surface area contributed by atoms with E-state index in [-0.39, 0.29) is 5.41 Å². The van der Waals surface area contributed by atoms with Gasteiger partial charge in [0, 0.05) is 55.8 Å². The molecule has 406 valence electrons. The molecular weight excluding hydrogens is 1030 g/mol. The van der Waals surface area contributed by atoms with Crippen molar-refractivity contribution in [2.75, 3.05) is 10.2 Å². The molecule has 0 amide bonds. The maximum atomic E-state index is 4.20. The van der Waals surface area contributed by atoms with Gasteiger partial charge >= 0.3 is 0 Å². The van der Waals surface area contributed by atoms with Crippen LogP contribution in [0.1, 0.15) is 26.3 Å². The molecule has 3 heteroatoms. The van der Waals surface area contributed by atoms with Crippen LogP contribution in [0.5, 0.6) is 0 Å². The van der Waals surface area contributed by atoms with Crippen LogP contribution in [0, 0.1) is 0 Å². The molecule has 0 unspecified atom stereocenters. The molecule has 0 saturated heterocycles. The number of nitrogens with one attached hydrogen (secondary N) is 1. The molecule has 0 radical (unpaired) electrons. The first-order valence-corrected chi connectivity index (χ1v) is 29.4. The van der Waals surface area contributed by atoms with Gasteiger partial charge in [-0.3, -0.25) is 0 Å². The molecule has 0 atom stereocenters. The standard InChI is InChI=1S/C82H63N3/c1-82(2,3)67-54-68(83-80-73(59-32-15-6-16-33-59)50-65(57-28-11-4-12-29-57)51-74(80)60-34-17-7-18-35-60)56-71(55-67)84(81-75(61-36-19-8-20-37-61)52-66(58-30-13-5-14-31-58)53-76(81)62-38-21-9-22-39-62)70-43-27-40-63(48-70)64-46-47-79-77(49-64)72-44-25-26-45-78(72)85(79)69-41-23-10-24-42-69/h4-56,83H,1-3H3. The van der Waals surface area contributed by atoms with Gasteiger partial charge in [-0.05, 0) is 152 Å². The predicted octanol–water partition coefficient (Wildman–Crippen LogP) is 23.0. The minimum Gasteiger partial charge on any atom is -0.354 e. The molecule has 3 nitrogen and oxygen atoms in total. The number of aromatic nitrogens is 1. The second kappa shape index (κ2) is 22.5. The summed E-state index contributed by atoms with van der Waals surface area (Å²) >= 11 is 0. The van der Waals surface area contributed by atoms with E-state index in [2.05, 4.69) is 357 Å². The van der Waals surface area contributed by atoms with E-state index in [0.29, 0.717) is 0 Å². The highest BCUT2D eigenvalue weighted by atomic mass is 15.2. The fourth-order valence-corrected chi connectivity index (χ4v) is 12.2. The van der Waals surface area contributed by atoms with E-state index in [1.165, 1.54) is 32.9 Å². The van der Waals surface area contributed by atoms with Gasteiger partial charge in [-0.1, -0.05) is 257 Å². The number of anilines is 5. The molecule has 13 aromatic carbocycles. The Bertz CT molecular complexity index is 4540. The van der Waals surface area contributed by atoms with Gasteiger partial charge in [0.25, 0.3) is 0 Å². The van der Waals surface area contributed by atoms with E-state index in [1.807, 2.05) is 0 Å². The molecule has 0 aliphatic carbocycles. The fourth-order valence-electron chi connectivity index (χ4n) is 12.2. The van der Waals surface area contributed by atoms with Gasteiger partial charge in [0.15, 0.2) is 0 Å². The van der Waals surface area contributed by atoms with Gasteiger partial charge in [-0.15, -0.1) is 0 Å². The van der Waals surface area contributed by atoms with Crippen molar-refractivity contribution in [1.82, 2.24) is 4.57 Å². The van der Waals surface area contributed by atoms with Crippen molar-refractivity contribution >= 4 is 50.2 Å². The van der Waals surface area contributed by atoms with Crippen LogP contribution >= 0.6 is 0 Å². The summed E-state index contributed by atoms with van der Waals surface area (Å²) in [4.78, 5) is 2.54. The zero-order chi connectivity index (χ0) is 57.3. The van der Waals surface area contributed by atoms with Crippen LogP contribution in [0.15, 0.2) is 322 Å². The van der Waals surface area contributed by atoms with Crippen molar-refractivity contribution in [2.45, 2.75) is 26.2 Å². The van der Waals surface area contributed by atoms with Crippen molar-refractivity contribution in [3.8, 4) is 83.6 Å². The summed E-state index contributed by atoms with van der Waals surface area (Å²) in [5.74, 6) is 0. The smallest absolute Gasteiger partial charge is 0.0618 e. The molecule has 14 aromatic rings. The predicted molar refractivity (Wildman–Crippen MR) is 362 cm³/mol. The largest absolute Gasteiger partial charge is 0.354 e. The molecule has 1 N–H and O–H groups in total. The Balaban J connectivity index is 1.04. The Kier molecular flexibility index (Phi) is 13.9. The SMILES string of the molecule is CC(C)(C)c1cc(Nc2c(-c3ccccc3)cc(-c3ccccc3)cc2-c2ccccc2)cc(N(c2cccc(-c3ccc4c(c3)c3ccccc3n4-c3ccccc3)c2)c2c(-c3ccccc3)cc(-c3ccccc3)cc2-c2ccccc2)c1. The monoisotopic (exact) mass is 1090 g/mol. The van der Waals surface area contributed by atoms with Gasteiger partial charge < -0.3 is 14.8 Å². The lowest BCUT2D eigenvalue weighted by molar-refractivity contribution is 0.590. The Hall–Kier alpha value is -10.7. The number of fused-ring (bicyclic) bond motifs is 3. The average Bonchev–Trinajstić information content (AvgIpc) is 2.59. The third-order valence-electron chi connectivity index (χ3n) is 16.5. The first-order valence-electron chi connectivity index (χ1n) is 29.4. The highest BCUT2D eigenvalue weighted by Gasteiger charge is 2.27. The molecule has 0 saturated carbocycles. The van der Waals surface area contributed by atoms with Crippen LogP contribution in [0.2, 0.25) is 0 Å². The lowest BCUT2D eigenvalue weighted by atomic mass is 9.85. The van der Waals surface area contributed by atoms with E-state index in [4.69, 9.17) is 0 Å². The van der Waals surface area contributed by atoms with Crippen LogP contribution < -0.4 is 10.2 Å². The first kappa shape index (κ1) is 52.3. The second-order valence-corrected chi connectivity index (χ2v) is 23.0. The lowest BCUT2D eigenvalue weighted by Crippen LogP contribution is -2.17.